The van der Waals surface area contributed by atoms with Crippen molar-refractivity contribution in [2.45, 2.75) is 6.42 Å². The first kappa shape index (κ1) is 15.4. The summed E-state index contributed by atoms with van der Waals surface area (Å²) in [6, 6.07) is 29.3. The van der Waals surface area contributed by atoms with Crippen LogP contribution in [-0.4, -0.2) is 9.55 Å². The van der Waals surface area contributed by atoms with Gasteiger partial charge >= 0.3 is 0 Å². The number of hydrogen-bond acceptors (Lipinski definition) is 1. The van der Waals surface area contributed by atoms with Gasteiger partial charge in [0.05, 0.1) is 11.4 Å². The van der Waals surface area contributed by atoms with Crippen molar-refractivity contribution >= 4 is 0 Å². The van der Waals surface area contributed by atoms with Crippen LogP contribution in [0.2, 0.25) is 0 Å². The van der Waals surface area contributed by atoms with Crippen LogP contribution in [0.1, 0.15) is 5.56 Å². The Morgan fingerprint density at radius 2 is 1.32 bits per heavy atom. The highest BCUT2D eigenvalue weighted by Gasteiger charge is 2.15. The molecule has 0 unspecified atom stereocenters. The van der Waals surface area contributed by atoms with Crippen LogP contribution in [0.5, 0.6) is 0 Å². The fourth-order valence-corrected chi connectivity index (χ4v) is 3.05. The largest absolute Gasteiger partial charge is 0.298 e. The first-order valence-corrected chi connectivity index (χ1v) is 8.43. The molecule has 0 spiro atoms. The van der Waals surface area contributed by atoms with Crippen molar-refractivity contribution in [3.63, 3.8) is 0 Å². The number of aromatic nitrogens is 2. The van der Waals surface area contributed by atoms with E-state index in [1.165, 1.54) is 5.56 Å². The molecule has 0 N–H and O–H groups in total. The predicted molar refractivity (Wildman–Crippen MR) is 103 cm³/mol. The van der Waals surface area contributed by atoms with Crippen molar-refractivity contribution in [3.05, 3.63) is 104 Å². The fourth-order valence-electron chi connectivity index (χ4n) is 3.05. The van der Waals surface area contributed by atoms with E-state index in [9.17, 15) is 0 Å². The standard InChI is InChI=1S/C23H19N2/c1-2-18-13-15-21(16-14-18)25-17-24-22(19-9-5-3-6-10-19)23(25)20-11-7-4-8-12-20/h3-17H,1-2H2. The van der Waals surface area contributed by atoms with Crippen molar-refractivity contribution in [1.82, 2.24) is 9.55 Å². The lowest BCUT2D eigenvalue weighted by molar-refractivity contribution is 1.06. The summed E-state index contributed by atoms with van der Waals surface area (Å²) in [5.74, 6) is 0. The topological polar surface area (TPSA) is 17.8 Å². The predicted octanol–water partition coefficient (Wildman–Crippen LogP) is 5.58. The molecule has 1 aromatic heterocycles. The minimum atomic E-state index is 0.797. The van der Waals surface area contributed by atoms with Crippen molar-refractivity contribution in [3.8, 4) is 28.2 Å². The van der Waals surface area contributed by atoms with Crippen LogP contribution < -0.4 is 0 Å². The molecule has 0 amide bonds. The minimum absolute atomic E-state index is 0.797. The average Bonchev–Trinajstić information content (AvgIpc) is 3.14. The van der Waals surface area contributed by atoms with Gasteiger partial charge in [-0.25, -0.2) is 4.98 Å². The Morgan fingerprint density at radius 1 is 0.720 bits per heavy atom. The maximum atomic E-state index is 4.73. The summed E-state index contributed by atoms with van der Waals surface area (Å²) < 4.78 is 2.16. The molecule has 0 aliphatic rings. The van der Waals surface area contributed by atoms with Gasteiger partial charge in [-0.3, -0.25) is 4.57 Å². The van der Waals surface area contributed by atoms with E-state index >= 15 is 0 Å². The molecule has 4 rings (SSSR count). The van der Waals surface area contributed by atoms with Crippen LogP contribution in [0.4, 0.5) is 0 Å². The Morgan fingerprint density at radius 3 is 1.92 bits per heavy atom. The van der Waals surface area contributed by atoms with E-state index in [0.29, 0.717) is 0 Å². The first-order chi connectivity index (χ1) is 12.4. The van der Waals surface area contributed by atoms with E-state index in [1.807, 2.05) is 30.6 Å². The SMILES string of the molecule is [CH2]Cc1ccc(-n2cnc(-c3ccccc3)c2-c2ccccc2)cc1. The van der Waals surface area contributed by atoms with Crippen LogP contribution in [0, 0.1) is 6.92 Å². The zero-order chi connectivity index (χ0) is 17.1. The first-order valence-electron chi connectivity index (χ1n) is 8.43. The van der Waals surface area contributed by atoms with Gasteiger partial charge in [-0.2, -0.15) is 0 Å². The zero-order valence-electron chi connectivity index (χ0n) is 14.0. The smallest absolute Gasteiger partial charge is 0.100 e. The molecule has 0 bridgehead atoms. The second-order valence-electron chi connectivity index (χ2n) is 5.96. The third-order valence-corrected chi connectivity index (χ3v) is 4.37. The monoisotopic (exact) mass is 323 g/mol. The third-order valence-electron chi connectivity index (χ3n) is 4.37. The maximum absolute atomic E-state index is 4.73. The summed E-state index contributed by atoms with van der Waals surface area (Å²) in [4.78, 5) is 4.73. The van der Waals surface area contributed by atoms with E-state index < -0.39 is 0 Å². The Balaban J connectivity index is 1.91. The summed E-state index contributed by atoms with van der Waals surface area (Å²) in [5.41, 5.74) is 6.70. The molecule has 0 saturated carbocycles. The summed E-state index contributed by atoms with van der Waals surface area (Å²) in [6.07, 6.45) is 2.70. The summed E-state index contributed by atoms with van der Waals surface area (Å²) in [6.45, 7) is 3.95. The van der Waals surface area contributed by atoms with Crippen molar-refractivity contribution < 1.29 is 0 Å². The Bertz CT molecular complexity index is 952. The van der Waals surface area contributed by atoms with Crippen molar-refractivity contribution in [2.24, 2.45) is 0 Å². The molecule has 2 nitrogen and oxygen atoms in total. The highest BCUT2D eigenvalue weighted by Crippen LogP contribution is 2.33. The van der Waals surface area contributed by atoms with Crippen LogP contribution in [0.3, 0.4) is 0 Å². The molecular weight excluding hydrogens is 304 g/mol. The second-order valence-corrected chi connectivity index (χ2v) is 5.96. The summed E-state index contributed by atoms with van der Waals surface area (Å²) >= 11 is 0. The van der Waals surface area contributed by atoms with E-state index in [1.54, 1.807) is 0 Å². The van der Waals surface area contributed by atoms with Gasteiger partial charge in [0.25, 0.3) is 0 Å². The van der Waals surface area contributed by atoms with Gasteiger partial charge in [-0.1, -0.05) is 72.8 Å². The Hall–Kier alpha value is -3.13. The van der Waals surface area contributed by atoms with E-state index in [-0.39, 0.29) is 0 Å². The van der Waals surface area contributed by atoms with Gasteiger partial charge in [0.15, 0.2) is 0 Å². The van der Waals surface area contributed by atoms with Gasteiger partial charge in [0.1, 0.15) is 6.33 Å². The van der Waals surface area contributed by atoms with E-state index in [2.05, 4.69) is 72.2 Å². The van der Waals surface area contributed by atoms with Crippen LogP contribution >= 0.6 is 0 Å². The summed E-state index contributed by atoms with van der Waals surface area (Å²) in [7, 11) is 0. The normalized spacial score (nSPS) is 10.8. The second kappa shape index (κ2) is 6.78. The fraction of sp³-hybridized carbons (Fsp3) is 0.0435. The van der Waals surface area contributed by atoms with E-state index in [0.717, 1.165) is 34.6 Å². The van der Waals surface area contributed by atoms with Crippen LogP contribution in [-0.2, 0) is 6.42 Å². The van der Waals surface area contributed by atoms with Gasteiger partial charge in [0, 0.05) is 16.8 Å². The summed E-state index contributed by atoms with van der Waals surface area (Å²) in [5, 5.41) is 0. The number of hydrogen-bond donors (Lipinski definition) is 0. The lowest BCUT2D eigenvalue weighted by Crippen LogP contribution is -1.96. The van der Waals surface area contributed by atoms with Crippen LogP contribution in [0.15, 0.2) is 91.3 Å². The molecule has 0 fully saturated rings. The maximum Gasteiger partial charge on any atom is 0.100 e. The highest BCUT2D eigenvalue weighted by atomic mass is 15.1. The van der Waals surface area contributed by atoms with E-state index in [4.69, 9.17) is 4.98 Å². The molecule has 4 aromatic rings. The van der Waals surface area contributed by atoms with Gasteiger partial charge in [0.2, 0.25) is 0 Å². The zero-order valence-corrected chi connectivity index (χ0v) is 14.0. The lowest BCUT2D eigenvalue weighted by atomic mass is 10.0. The number of nitrogens with zero attached hydrogens (tertiary/aromatic N) is 2. The quantitative estimate of drug-likeness (QED) is 0.479. The molecule has 0 saturated heterocycles. The number of benzene rings is 3. The van der Waals surface area contributed by atoms with Gasteiger partial charge in [-0.05, 0) is 31.0 Å². The Kier molecular flexibility index (Phi) is 4.17. The molecule has 2 heteroatoms. The third kappa shape index (κ3) is 2.99. The lowest BCUT2D eigenvalue weighted by Gasteiger charge is -2.11. The molecule has 1 radical (unpaired) electrons. The minimum Gasteiger partial charge on any atom is -0.298 e. The number of imidazole rings is 1. The number of rotatable bonds is 4. The molecule has 0 aliphatic carbocycles. The molecule has 1 heterocycles. The van der Waals surface area contributed by atoms with Gasteiger partial charge < -0.3 is 0 Å². The van der Waals surface area contributed by atoms with Crippen molar-refractivity contribution in [2.75, 3.05) is 0 Å². The van der Waals surface area contributed by atoms with Crippen LogP contribution in [0.25, 0.3) is 28.2 Å². The molecular formula is C23H19N2. The molecule has 3 aromatic carbocycles. The molecule has 0 aliphatic heterocycles. The average molecular weight is 323 g/mol. The Labute approximate surface area is 148 Å². The van der Waals surface area contributed by atoms with Gasteiger partial charge in [-0.15, -0.1) is 0 Å². The van der Waals surface area contributed by atoms with Crippen molar-refractivity contribution in [1.29, 1.82) is 0 Å². The highest BCUT2D eigenvalue weighted by molar-refractivity contribution is 5.79. The molecule has 121 valence electrons. The molecule has 25 heavy (non-hydrogen) atoms. The molecule has 0 atom stereocenters.